The molecule has 2 aromatic rings. The number of halogens is 2. The molecule has 1 N–H and O–H groups in total. The van der Waals surface area contributed by atoms with Crippen LogP contribution in [0.3, 0.4) is 0 Å². The molecule has 0 fully saturated rings. The fraction of sp³-hybridized carbons (Fsp3) is 0. The van der Waals surface area contributed by atoms with Gasteiger partial charge >= 0.3 is 5.97 Å². The average molecular weight is 322 g/mol. The summed E-state index contributed by atoms with van der Waals surface area (Å²) in [6, 6.07) is 1.53. The highest BCUT2D eigenvalue weighted by Gasteiger charge is 2.11. The standard InChI is InChI=1S/C8H4ClIN2O2/c9-5-1-7-11-2-6(10)12(7)3-4(5)8(13)14/h1-3H,(H,13,14). The third-order valence-corrected chi connectivity index (χ3v) is 2.89. The monoisotopic (exact) mass is 322 g/mol. The van der Waals surface area contributed by atoms with E-state index in [2.05, 4.69) is 27.6 Å². The first kappa shape index (κ1) is 9.72. The molecule has 0 radical (unpaired) electrons. The van der Waals surface area contributed by atoms with Crippen molar-refractivity contribution in [1.29, 1.82) is 0 Å². The van der Waals surface area contributed by atoms with Crippen molar-refractivity contribution in [3.63, 3.8) is 0 Å². The number of nitrogens with zero attached hydrogens (tertiary/aromatic N) is 2. The van der Waals surface area contributed by atoms with Gasteiger partial charge in [-0.15, -0.1) is 0 Å². The molecule has 0 saturated heterocycles. The number of rotatable bonds is 1. The Morgan fingerprint density at radius 2 is 2.36 bits per heavy atom. The molecule has 0 atom stereocenters. The van der Waals surface area contributed by atoms with Gasteiger partial charge in [0.1, 0.15) is 9.35 Å². The number of aromatic carboxylic acids is 1. The predicted molar refractivity (Wildman–Crippen MR) is 59.9 cm³/mol. The first-order valence-corrected chi connectivity index (χ1v) is 5.10. The lowest BCUT2D eigenvalue weighted by Gasteiger charge is -2.00. The van der Waals surface area contributed by atoms with Gasteiger partial charge in [-0.1, -0.05) is 11.6 Å². The summed E-state index contributed by atoms with van der Waals surface area (Å²) in [5.41, 5.74) is 0.722. The van der Waals surface area contributed by atoms with Crippen LogP contribution in [0.4, 0.5) is 0 Å². The molecule has 2 heterocycles. The molecule has 0 unspecified atom stereocenters. The van der Waals surface area contributed by atoms with Crippen molar-refractivity contribution in [2.75, 3.05) is 0 Å². The van der Waals surface area contributed by atoms with Crippen LogP contribution < -0.4 is 0 Å². The number of hydrogen-bond donors (Lipinski definition) is 1. The molecule has 2 aromatic heterocycles. The average Bonchev–Trinajstić information content (AvgIpc) is 2.46. The maximum atomic E-state index is 10.8. The third-order valence-electron chi connectivity index (χ3n) is 1.78. The van der Waals surface area contributed by atoms with E-state index in [4.69, 9.17) is 16.7 Å². The summed E-state index contributed by atoms with van der Waals surface area (Å²) in [5.74, 6) is -1.04. The van der Waals surface area contributed by atoms with Gasteiger partial charge in [0.05, 0.1) is 16.8 Å². The van der Waals surface area contributed by atoms with E-state index in [1.165, 1.54) is 12.3 Å². The highest BCUT2D eigenvalue weighted by molar-refractivity contribution is 14.1. The fourth-order valence-corrected chi connectivity index (χ4v) is 1.88. The van der Waals surface area contributed by atoms with Gasteiger partial charge in [-0.2, -0.15) is 0 Å². The largest absolute Gasteiger partial charge is 0.478 e. The van der Waals surface area contributed by atoms with Gasteiger partial charge < -0.3 is 5.11 Å². The minimum atomic E-state index is -1.04. The Bertz CT molecular complexity index is 523. The molecule has 14 heavy (non-hydrogen) atoms. The van der Waals surface area contributed by atoms with Crippen LogP contribution in [-0.4, -0.2) is 20.5 Å². The highest BCUT2D eigenvalue weighted by atomic mass is 127. The SMILES string of the molecule is O=C(O)c1cn2c(I)cnc2cc1Cl. The lowest BCUT2D eigenvalue weighted by molar-refractivity contribution is 0.0696. The quantitative estimate of drug-likeness (QED) is 0.820. The molecule has 0 aliphatic heterocycles. The topological polar surface area (TPSA) is 54.6 Å². The molecule has 4 nitrogen and oxygen atoms in total. The summed E-state index contributed by atoms with van der Waals surface area (Å²) < 4.78 is 2.52. The fourth-order valence-electron chi connectivity index (χ4n) is 1.13. The molecule has 0 aliphatic rings. The number of carboxylic acids is 1. The third kappa shape index (κ3) is 1.46. The van der Waals surface area contributed by atoms with Crippen LogP contribution in [0.1, 0.15) is 10.4 Å². The zero-order valence-corrected chi connectivity index (χ0v) is 9.65. The summed E-state index contributed by atoms with van der Waals surface area (Å²) in [7, 11) is 0. The van der Waals surface area contributed by atoms with Crippen molar-refractivity contribution in [3.8, 4) is 0 Å². The highest BCUT2D eigenvalue weighted by Crippen LogP contribution is 2.19. The normalized spacial score (nSPS) is 10.7. The molecule has 6 heteroatoms. The Labute approximate surface area is 97.7 Å². The summed E-state index contributed by atoms with van der Waals surface area (Å²) in [6.07, 6.45) is 3.12. The van der Waals surface area contributed by atoms with E-state index in [1.807, 2.05) is 0 Å². The Balaban J connectivity index is 2.80. The first-order chi connectivity index (χ1) is 6.59. The molecule has 0 spiro atoms. The van der Waals surface area contributed by atoms with Crippen molar-refractivity contribution in [2.45, 2.75) is 0 Å². The van der Waals surface area contributed by atoms with Gasteiger partial charge in [0, 0.05) is 12.3 Å². The molecule has 0 saturated carbocycles. The first-order valence-electron chi connectivity index (χ1n) is 3.65. The zero-order valence-electron chi connectivity index (χ0n) is 6.74. The van der Waals surface area contributed by atoms with E-state index in [0.29, 0.717) is 5.65 Å². The molecule has 0 amide bonds. The van der Waals surface area contributed by atoms with E-state index in [1.54, 1.807) is 10.6 Å². The summed E-state index contributed by atoms with van der Waals surface area (Å²) >= 11 is 7.84. The molecular weight excluding hydrogens is 318 g/mol. The zero-order chi connectivity index (χ0) is 10.3. The van der Waals surface area contributed by atoms with Crippen molar-refractivity contribution in [2.24, 2.45) is 0 Å². The van der Waals surface area contributed by atoms with Gasteiger partial charge in [-0.05, 0) is 22.6 Å². The Morgan fingerprint density at radius 3 is 3.00 bits per heavy atom. The van der Waals surface area contributed by atoms with Crippen molar-refractivity contribution in [1.82, 2.24) is 9.38 Å². The minimum absolute atomic E-state index is 0.0788. The Morgan fingerprint density at radius 1 is 1.64 bits per heavy atom. The van der Waals surface area contributed by atoms with Gasteiger partial charge in [-0.25, -0.2) is 9.78 Å². The molecule has 0 aliphatic carbocycles. The molecule has 2 rings (SSSR count). The lowest BCUT2D eigenvalue weighted by atomic mass is 10.3. The van der Waals surface area contributed by atoms with Crippen LogP contribution in [0.5, 0.6) is 0 Å². The Kier molecular flexibility index (Phi) is 2.36. The number of imidazole rings is 1. The number of pyridine rings is 1. The minimum Gasteiger partial charge on any atom is -0.478 e. The number of aromatic nitrogens is 2. The van der Waals surface area contributed by atoms with Gasteiger partial charge in [0.2, 0.25) is 0 Å². The number of fused-ring (bicyclic) bond motifs is 1. The molecule has 0 bridgehead atoms. The number of carbonyl (C=O) groups is 1. The number of hydrogen-bond acceptors (Lipinski definition) is 2. The molecular formula is C8H4ClIN2O2. The van der Waals surface area contributed by atoms with Gasteiger partial charge in [0.25, 0.3) is 0 Å². The van der Waals surface area contributed by atoms with E-state index < -0.39 is 5.97 Å². The van der Waals surface area contributed by atoms with Crippen LogP contribution in [0, 0.1) is 3.70 Å². The van der Waals surface area contributed by atoms with E-state index in [0.717, 1.165) is 3.70 Å². The van der Waals surface area contributed by atoms with Gasteiger partial charge in [-0.3, -0.25) is 4.40 Å². The Hall–Kier alpha value is -0.820. The van der Waals surface area contributed by atoms with Crippen LogP contribution in [-0.2, 0) is 0 Å². The number of carboxylic acid groups (broad SMARTS) is 1. The second-order valence-electron chi connectivity index (χ2n) is 2.65. The second kappa shape index (κ2) is 3.39. The van der Waals surface area contributed by atoms with Crippen LogP contribution in [0.2, 0.25) is 5.02 Å². The molecule has 0 aromatic carbocycles. The van der Waals surface area contributed by atoms with Crippen LogP contribution in [0.25, 0.3) is 5.65 Å². The van der Waals surface area contributed by atoms with Crippen molar-refractivity contribution in [3.05, 3.63) is 32.7 Å². The van der Waals surface area contributed by atoms with E-state index in [-0.39, 0.29) is 10.6 Å². The van der Waals surface area contributed by atoms with Crippen molar-refractivity contribution < 1.29 is 9.90 Å². The maximum Gasteiger partial charge on any atom is 0.338 e. The van der Waals surface area contributed by atoms with Crippen molar-refractivity contribution >= 4 is 45.8 Å². The van der Waals surface area contributed by atoms with Crippen LogP contribution >= 0.6 is 34.2 Å². The summed E-state index contributed by atoms with van der Waals surface area (Å²) in [4.78, 5) is 14.8. The summed E-state index contributed by atoms with van der Waals surface area (Å²) in [6.45, 7) is 0. The second-order valence-corrected chi connectivity index (χ2v) is 4.16. The van der Waals surface area contributed by atoms with E-state index >= 15 is 0 Å². The lowest BCUT2D eigenvalue weighted by Crippen LogP contribution is -2.01. The summed E-state index contributed by atoms with van der Waals surface area (Å²) in [5, 5.41) is 9.03. The van der Waals surface area contributed by atoms with E-state index in [9.17, 15) is 4.79 Å². The molecule has 72 valence electrons. The predicted octanol–water partition coefficient (Wildman–Crippen LogP) is 2.29. The van der Waals surface area contributed by atoms with Crippen LogP contribution in [0.15, 0.2) is 18.5 Å². The maximum absolute atomic E-state index is 10.8. The van der Waals surface area contributed by atoms with Gasteiger partial charge in [0.15, 0.2) is 0 Å². The smallest absolute Gasteiger partial charge is 0.338 e.